The van der Waals surface area contributed by atoms with Gasteiger partial charge in [0.2, 0.25) is 5.91 Å². The van der Waals surface area contributed by atoms with Crippen molar-refractivity contribution in [2.45, 2.75) is 26.3 Å². The Morgan fingerprint density at radius 2 is 2.31 bits per heavy atom. The van der Waals surface area contributed by atoms with Crippen molar-refractivity contribution in [1.29, 1.82) is 0 Å². The Morgan fingerprint density at radius 3 is 2.94 bits per heavy atom. The molecule has 1 saturated heterocycles. The normalized spacial score (nSPS) is 19.3. The lowest BCUT2D eigenvalue weighted by atomic mass is 9.80. The maximum Gasteiger partial charge on any atom is 0.226 e. The van der Waals surface area contributed by atoms with Gasteiger partial charge in [0.15, 0.2) is 0 Å². The van der Waals surface area contributed by atoms with Crippen molar-refractivity contribution in [3.8, 4) is 0 Å². The van der Waals surface area contributed by atoms with Crippen LogP contribution in [-0.4, -0.2) is 19.0 Å². The van der Waals surface area contributed by atoms with Gasteiger partial charge < -0.3 is 15.1 Å². The molecule has 0 radical (unpaired) electrons. The number of carbonyl (C=O) groups is 1. The first-order chi connectivity index (χ1) is 7.71. The zero-order chi connectivity index (χ0) is 11.4. The molecular formula is C12H18N2O2. The quantitative estimate of drug-likeness (QED) is 0.810. The van der Waals surface area contributed by atoms with Crippen LogP contribution >= 0.6 is 0 Å². The molecule has 4 nitrogen and oxygen atoms in total. The Kier molecular flexibility index (Phi) is 3.29. The number of hydrogen-bond donors (Lipinski definition) is 2. The Bertz CT molecular complexity index is 340. The molecule has 1 amide bonds. The molecule has 1 aliphatic heterocycles. The maximum atomic E-state index is 12.0. The molecule has 0 spiro atoms. The van der Waals surface area contributed by atoms with Crippen molar-refractivity contribution in [2.75, 3.05) is 13.1 Å². The summed E-state index contributed by atoms with van der Waals surface area (Å²) in [6.07, 6.45) is 3.42. The summed E-state index contributed by atoms with van der Waals surface area (Å²) in [5.74, 6) is 0.927. The van der Waals surface area contributed by atoms with Crippen LogP contribution in [0.25, 0.3) is 0 Å². The van der Waals surface area contributed by atoms with Crippen LogP contribution < -0.4 is 10.6 Å². The molecule has 1 aromatic rings. The van der Waals surface area contributed by atoms with Gasteiger partial charge in [-0.25, -0.2) is 0 Å². The molecule has 1 aliphatic rings. The SMILES string of the molecule is CC1(C(=O)NCc2ccco2)CCNCC1. The van der Waals surface area contributed by atoms with Crippen LogP contribution in [0.3, 0.4) is 0 Å². The Hall–Kier alpha value is -1.29. The van der Waals surface area contributed by atoms with E-state index in [4.69, 9.17) is 4.42 Å². The molecule has 16 heavy (non-hydrogen) atoms. The standard InChI is InChI=1S/C12H18N2O2/c1-12(4-6-13-7-5-12)11(15)14-9-10-3-2-8-16-10/h2-3,8,13H,4-7,9H2,1H3,(H,14,15). The lowest BCUT2D eigenvalue weighted by molar-refractivity contribution is -0.131. The van der Waals surface area contributed by atoms with E-state index >= 15 is 0 Å². The van der Waals surface area contributed by atoms with E-state index in [1.54, 1.807) is 6.26 Å². The van der Waals surface area contributed by atoms with Crippen LogP contribution in [0.4, 0.5) is 0 Å². The second-order valence-corrected chi connectivity index (χ2v) is 4.57. The Labute approximate surface area is 95.4 Å². The summed E-state index contributed by atoms with van der Waals surface area (Å²) in [4.78, 5) is 12.0. The van der Waals surface area contributed by atoms with Gasteiger partial charge in [-0.05, 0) is 38.1 Å². The highest BCUT2D eigenvalue weighted by atomic mass is 16.3. The highest BCUT2D eigenvalue weighted by Gasteiger charge is 2.34. The minimum absolute atomic E-state index is 0.130. The summed E-state index contributed by atoms with van der Waals surface area (Å²) < 4.78 is 5.18. The smallest absolute Gasteiger partial charge is 0.226 e. The molecular weight excluding hydrogens is 204 g/mol. The van der Waals surface area contributed by atoms with Gasteiger partial charge in [-0.15, -0.1) is 0 Å². The number of nitrogens with one attached hydrogen (secondary N) is 2. The molecule has 2 heterocycles. The number of carbonyl (C=O) groups excluding carboxylic acids is 1. The van der Waals surface area contributed by atoms with E-state index < -0.39 is 0 Å². The fraction of sp³-hybridized carbons (Fsp3) is 0.583. The van der Waals surface area contributed by atoms with Crippen LogP contribution in [0.15, 0.2) is 22.8 Å². The minimum atomic E-state index is -0.224. The average Bonchev–Trinajstić information content (AvgIpc) is 2.79. The summed E-state index contributed by atoms with van der Waals surface area (Å²) in [5.41, 5.74) is -0.224. The van der Waals surface area contributed by atoms with Crippen molar-refractivity contribution < 1.29 is 9.21 Å². The Morgan fingerprint density at radius 1 is 1.56 bits per heavy atom. The number of hydrogen-bond acceptors (Lipinski definition) is 3. The van der Waals surface area contributed by atoms with Gasteiger partial charge in [-0.2, -0.15) is 0 Å². The summed E-state index contributed by atoms with van der Waals surface area (Å²) >= 11 is 0. The van der Waals surface area contributed by atoms with Gasteiger partial charge in [0.05, 0.1) is 12.8 Å². The van der Waals surface area contributed by atoms with Gasteiger partial charge in [-0.1, -0.05) is 6.92 Å². The largest absolute Gasteiger partial charge is 0.467 e. The van der Waals surface area contributed by atoms with Crippen LogP contribution in [0.5, 0.6) is 0 Å². The topological polar surface area (TPSA) is 54.3 Å². The number of amides is 1. The van der Waals surface area contributed by atoms with Gasteiger partial charge >= 0.3 is 0 Å². The number of furan rings is 1. The Balaban J connectivity index is 1.87. The second kappa shape index (κ2) is 4.70. The summed E-state index contributed by atoms with van der Waals surface area (Å²) in [7, 11) is 0. The van der Waals surface area contributed by atoms with E-state index in [9.17, 15) is 4.79 Å². The first-order valence-electron chi connectivity index (χ1n) is 5.72. The summed E-state index contributed by atoms with van der Waals surface area (Å²) in [5, 5.41) is 6.20. The fourth-order valence-corrected chi connectivity index (χ4v) is 2.00. The molecule has 0 saturated carbocycles. The van der Waals surface area contributed by atoms with Crippen molar-refractivity contribution >= 4 is 5.91 Å². The third-order valence-electron chi connectivity index (χ3n) is 3.26. The van der Waals surface area contributed by atoms with E-state index in [1.807, 2.05) is 19.1 Å². The minimum Gasteiger partial charge on any atom is -0.467 e. The van der Waals surface area contributed by atoms with Gasteiger partial charge in [0, 0.05) is 5.41 Å². The monoisotopic (exact) mass is 222 g/mol. The second-order valence-electron chi connectivity index (χ2n) is 4.57. The predicted molar refractivity (Wildman–Crippen MR) is 60.8 cm³/mol. The average molecular weight is 222 g/mol. The third-order valence-corrected chi connectivity index (χ3v) is 3.26. The molecule has 4 heteroatoms. The number of rotatable bonds is 3. The van der Waals surface area contributed by atoms with Gasteiger partial charge in [0.25, 0.3) is 0 Å². The molecule has 1 aromatic heterocycles. The third kappa shape index (κ3) is 2.44. The molecule has 2 rings (SSSR count). The molecule has 0 aromatic carbocycles. The van der Waals surface area contributed by atoms with Crippen molar-refractivity contribution in [2.24, 2.45) is 5.41 Å². The summed E-state index contributed by atoms with van der Waals surface area (Å²) in [6, 6.07) is 3.69. The first-order valence-corrected chi connectivity index (χ1v) is 5.72. The highest BCUT2D eigenvalue weighted by Crippen LogP contribution is 2.27. The van der Waals surface area contributed by atoms with Gasteiger partial charge in [-0.3, -0.25) is 4.79 Å². The molecule has 0 unspecified atom stereocenters. The van der Waals surface area contributed by atoms with Crippen LogP contribution in [0, 0.1) is 5.41 Å². The molecule has 2 N–H and O–H groups in total. The maximum absolute atomic E-state index is 12.0. The predicted octanol–water partition coefficient (Wildman–Crippen LogP) is 1.29. The molecule has 0 bridgehead atoms. The molecule has 0 aliphatic carbocycles. The fourth-order valence-electron chi connectivity index (χ4n) is 2.00. The first kappa shape index (κ1) is 11.2. The van der Waals surface area contributed by atoms with E-state index in [0.29, 0.717) is 6.54 Å². The molecule has 0 atom stereocenters. The van der Waals surface area contributed by atoms with Crippen molar-refractivity contribution in [3.05, 3.63) is 24.2 Å². The van der Waals surface area contributed by atoms with Gasteiger partial charge in [0.1, 0.15) is 5.76 Å². The van der Waals surface area contributed by atoms with Crippen molar-refractivity contribution in [3.63, 3.8) is 0 Å². The lowest BCUT2D eigenvalue weighted by Gasteiger charge is -2.32. The summed E-state index contributed by atoms with van der Waals surface area (Å²) in [6.45, 7) is 4.36. The van der Waals surface area contributed by atoms with Crippen molar-refractivity contribution in [1.82, 2.24) is 10.6 Å². The number of piperidine rings is 1. The highest BCUT2D eigenvalue weighted by molar-refractivity contribution is 5.82. The molecule has 88 valence electrons. The van der Waals surface area contributed by atoms with Crippen LogP contribution in [0.1, 0.15) is 25.5 Å². The van der Waals surface area contributed by atoms with E-state index in [-0.39, 0.29) is 11.3 Å². The zero-order valence-electron chi connectivity index (χ0n) is 9.58. The van der Waals surface area contributed by atoms with Crippen LogP contribution in [-0.2, 0) is 11.3 Å². The van der Waals surface area contributed by atoms with E-state index in [2.05, 4.69) is 10.6 Å². The van der Waals surface area contributed by atoms with Crippen LogP contribution in [0.2, 0.25) is 0 Å². The van der Waals surface area contributed by atoms with E-state index in [0.717, 1.165) is 31.7 Å². The molecule has 1 fully saturated rings. The van der Waals surface area contributed by atoms with E-state index in [1.165, 1.54) is 0 Å². The zero-order valence-corrected chi connectivity index (χ0v) is 9.58. The lowest BCUT2D eigenvalue weighted by Crippen LogP contribution is -2.45.